The number of thioether (sulfide) groups is 1. The average molecular weight is 303 g/mol. The summed E-state index contributed by atoms with van der Waals surface area (Å²) in [5.74, 6) is -0.134. The first kappa shape index (κ1) is 16.0. The van der Waals surface area contributed by atoms with Gasteiger partial charge < -0.3 is 10.5 Å². The van der Waals surface area contributed by atoms with Crippen molar-refractivity contribution in [1.29, 1.82) is 0 Å². The first-order valence-corrected chi connectivity index (χ1v) is 8.35. The van der Waals surface area contributed by atoms with Crippen LogP contribution >= 0.6 is 11.8 Å². The van der Waals surface area contributed by atoms with E-state index in [1.165, 1.54) is 31.0 Å². The van der Waals surface area contributed by atoms with Crippen molar-refractivity contribution < 1.29 is 17.9 Å². The first-order chi connectivity index (χ1) is 8.66. The summed E-state index contributed by atoms with van der Waals surface area (Å²) in [6, 6.07) is 6.44. The van der Waals surface area contributed by atoms with Crippen molar-refractivity contribution in [2.24, 2.45) is 5.73 Å². The van der Waals surface area contributed by atoms with Crippen molar-refractivity contribution >= 4 is 27.6 Å². The van der Waals surface area contributed by atoms with Crippen LogP contribution in [0.1, 0.15) is 6.92 Å². The number of methoxy groups -OCH3 is 1. The Kier molecular flexibility index (Phi) is 5.00. The maximum atomic E-state index is 11.4. The monoisotopic (exact) mass is 303 g/mol. The van der Waals surface area contributed by atoms with Crippen LogP contribution in [0.2, 0.25) is 0 Å². The molecule has 0 radical (unpaired) electrons. The third kappa shape index (κ3) is 4.52. The summed E-state index contributed by atoms with van der Waals surface area (Å²) in [5, 5.41) is 0. The summed E-state index contributed by atoms with van der Waals surface area (Å²) in [4.78, 5) is 12.5. The molecule has 7 heteroatoms. The second-order valence-corrected chi connectivity index (χ2v) is 7.51. The van der Waals surface area contributed by atoms with Crippen LogP contribution in [0.5, 0.6) is 0 Å². The molecule has 0 saturated carbocycles. The molecule has 0 saturated heterocycles. The minimum atomic E-state index is -3.19. The molecule has 1 unspecified atom stereocenters. The number of nitrogens with two attached hydrogens (primary N) is 1. The fourth-order valence-corrected chi connectivity index (χ4v) is 2.85. The molecule has 1 aromatic rings. The van der Waals surface area contributed by atoms with E-state index >= 15 is 0 Å². The Morgan fingerprint density at radius 3 is 2.32 bits per heavy atom. The van der Waals surface area contributed by atoms with Crippen LogP contribution in [0.3, 0.4) is 0 Å². The van der Waals surface area contributed by atoms with Crippen LogP contribution in [0, 0.1) is 0 Å². The summed E-state index contributed by atoms with van der Waals surface area (Å²) in [7, 11) is -1.90. The lowest BCUT2D eigenvalue weighted by molar-refractivity contribution is -0.145. The van der Waals surface area contributed by atoms with Gasteiger partial charge in [-0.15, -0.1) is 11.8 Å². The van der Waals surface area contributed by atoms with Gasteiger partial charge in [-0.2, -0.15) is 0 Å². The summed E-state index contributed by atoms with van der Waals surface area (Å²) < 4.78 is 27.2. The third-order valence-corrected chi connectivity index (χ3v) is 4.92. The average Bonchev–Trinajstić information content (AvgIpc) is 2.35. The lowest BCUT2D eigenvalue weighted by Gasteiger charge is -2.20. The van der Waals surface area contributed by atoms with Gasteiger partial charge >= 0.3 is 5.97 Å². The van der Waals surface area contributed by atoms with E-state index in [-0.39, 0.29) is 4.90 Å². The van der Waals surface area contributed by atoms with E-state index < -0.39 is 21.3 Å². The molecule has 0 aromatic heterocycles. The SMILES string of the molecule is COC(=O)C(C)(N)CSc1ccc(S(C)(=O)=O)cc1. The van der Waals surface area contributed by atoms with E-state index in [4.69, 9.17) is 5.73 Å². The van der Waals surface area contributed by atoms with E-state index in [1.807, 2.05) is 0 Å². The summed E-state index contributed by atoms with van der Waals surface area (Å²) in [6.07, 6.45) is 1.16. The maximum Gasteiger partial charge on any atom is 0.326 e. The Labute approximate surface area is 117 Å². The molecule has 0 aliphatic carbocycles. The van der Waals surface area contributed by atoms with Gasteiger partial charge in [0.05, 0.1) is 12.0 Å². The number of carbonyl (C=O) groups is 1. The maximum absolute atomic E-state index is 11.4. The van der Waals surface area contributed by atoms with Gasteiger partial charge in [-0.1, -0.05) is 0 Å². The lowest BCUT2D eigenvalue weighted by atomic mass is 10.1. The highest BCUT2D eigenvalue weighted by atomic mass is 32.2. The molecule has 1 atom stereocenters. The Hall–Kier alpha value is -1.05. The second kappa shape index (κ2) is 5.94. The van der Waals surface area contributed by atoms with Crippen molar-refractivity contribution in [1.82, 2.24) is 0 Å². The molecule has 2 N–H and O–H groups in total. The minimum Gasteiger partial charge on any atom is -0.468 e. The number of rotatable bonds is 5. The Balaban J connectivity index is 2.72. The summed E-state index contributed by atoms with van der Waals surface area (Å²) >= 11 is 1.37. The van der Waals surface area contributed by atoms with Gasteiger partial charge in [-0.25, -0.2) is 8.42 Å². The number of hydrogen-bond acceptors (Lipinski definition) is 6. The van der Waals surface area contributed by atoms with Crippen LogP contribution < -0.4 is 5.73 Å². The summed E-state index contributed by atoms with van der Waals surface area (Å²) in [6.45, 7) is 1.59. The highest BCUT2D eigenvalue weighted by molar-refractivity contribution is 7.99. The molecule has 0 aliphatic rings. The van der Waals surface area contributed by atoms with Gasteiger partial charge in [0.1, 0.15) is 5.54 Å². The van der Waals surface area contributed by atoms with Gasteiger partial charge in [0.25, 0.3) is 0 Å². The number of benzene rings is 1. The van der Waals surface area contributed by atoms with Crippen LogP contribution in [0.15, 0.2) is 34.1 Å². The molecule has 0 heterocycles. The number of carbonyl (C=O) groups excluding carboxylic acids is 1. The molecular formula is C12H17NO4S2. The van der Waals surface area contributed by atoms with E-state index in [1.54, 1.807) is 19.1 Å². The zero-order chi connectivity index (χ0) is 14.7. The molecule has 0 bridgehead atoms. The zero-order valence-electron chi connectivity index (χ0n) is 11.0. The Bertz CT molecular complexity index is 550. The molecule has 0 spiro atoms. The van der Waals surface area contributed by atoms with Gasteiger partial charge in [0, 0.05) is 16.9 Å². The Morgan fingerprint density at radius 2 is 1.89 bits per heavy atom. The quantitative estimate of drug-likeness (QED) is 0.647. The van der Waals surface area contributed by atoms with Gasteiger partial charge in [0.2, 0.25) is 0 Å². The number of esters is 1. The predicted octanol–water partition coefficient (Wildman–Crippen LogP) is 1.07. The second-order valence-electron chi connectivity index (χ2n) is 4.44. The van der Waals surface area contributed by atoms with Crippen LogP contribution in [0.25, 0.3) is 0 Å². The van der Waals surface area contributed by atoms with Crippen molar-refractivity contribution in [3.05, 3.63) is 24.3 Å². The number of ether oxygens (including phenoxy) is 1. The zero-order valence-corrected chi connectivity index (χ0v) is 12.7. The van der Waals surface area contributed by atoms with Gasteiger partial charge in [-0.05, 0) is 31.2 Å². The molecule has 1 aromatic carbocycles. The van der Waals surface area contributed by atoms with Crippen LogP contribution in [-0.2, 0) is 19.4 Å². The molecule has 0 aliphatic heterocycles. The predicted molar refractivity (Wildman–Crippen MR) is 74.9 cm³/mol. The largest absolute Gasteiger partial charge is 0.468 e. The fourth-order valence-electron chi connectivity index (χ4n) is 1.31. The van der Waals surface area contributed by atoms with Crippen molar-refractivity contribution in [2.45, 2.75) is 22.3 Å². The molecule has 0 amide bonds. The topological polar surface area (TPSA) is 86.5 Å². The van der Waals surface area contributed by atoms with Crippen molar-refractivity contribution in [3.63, 3.8) is 0 Å². The first-order valence-electron chi connectivity index (χ1n) is 5.47. The molecular weight excluding hydrogens is 286 g/mol. The van der Waals surface area contributed by atoms with E-state index in [0.29, 0.717) is 5.75 Å². The summed E-state index contributed by atoms with van der Waals surface area (Å²) in [5.41, 5.74) is 4.75. The fraction of sp³-hybridized carbons (Fsp3) is 0.417. The number of hydrogen-bond donors (Lipinski definition) is 1. The molecule has 19 heavy (non-hydrogen) atoms. The highest BCUT2D eigenvalue weighted by Gasteiger charge is 2.29. The van der Waals surface area contributed by atoms with Crippen molar-refractivity contribution in [3.8, 4) is 0 Å². The van der Waals surface area contributed by atoms with E-state index in [2.05, 4.69) is 4.74 Å². The molecule has 1 rings (SSSR count). The molecule has 106 valence electrons. The minimum absolute atomic E-state index is 0.264. The Morgan fingerprint density at radius 1 is 1.37 bits per heavy atom. The van der Waals surface area contributed by atoms with Crippen LogP contribution in [-0.4, -0.2) is 39.0 Å². The highest BCUT2D eigenvalue weighted by Crippen LogP contribution is 2.23. The lowest BCUT2D eigenvalue weighted by Crippen LogP contribution is -2.48. The number of sulfone groups is 1. The van der Waals surface area contributed by atoms with Crippen molar-refractivity contribution in [2.75, 3.05) is 19.1 Å². The van der Waals surface area contributed by atoms with Gasteiger partial charge in [-0.3, -0.25) is 4.79 Å². The third-order valence-electron chi connectivity index (χ3n) is 2.44. The van der Waals surface area contributed by atoms with Gasteiger partial charge in [0.15, 0.2) is 9.84 Å². The smallest absolute Gasteiger partial charge is 0.326 e. The molecule has 5 nitrogen and oxygen atoms in total. The normalized spacial score (nSPS) is 14.7. The van der Waals surface area contributed by atoms with Crippen LogP contribution in [0.4, 0.5) is 0 Å². The van der Waals surface area contributed by atoms with E-state index in [9.17, 15) is 13.2 Å². The van der Waals surface area contributed by atoms with E-state index in [0.717, 1.165) is 11.2 Å². The standard InChI is InChI=1S/C12H17NO4S2/c1-12(13,11(14)17-2)8-18-9-4-6-10(7-5-9)19(3,15)16/h4-7H,8,13H2,1-3H3. The molecule has 0 fully saturated rings.